The van der Waals surface area contributed by atoms with Gasteiger partial charge in [0.25, 0.3) is 0 Å². The van der Waals surface area contributed by atoms with Crippen molar-refractivity contribution in [1.29, 1.82) is 0 Å². The van der Waals surface area contributed by atoms with Crippen LogP contribution in [0.2, 0.25) is 0 Å². The third-order valence-electron chi connectivity index (χ3n) is 2.57. The molecule has 0 amide bonds. The highest BCUT2D eigenvalue weighted by molar-refractivity contribution is 5.62. The zero-order valence-corrected chi connectivity index (χ0v) is 8.19. The number of anilines is 2. The average Bonchev–Trinajstić information content (AvgIpc) is 2.18. The van der Waals surface area contributed by atoms with E-state index in [0.29, 0.717) is 0 Å². The standard InChI is InChI=1S/C10H16N4/c11-8-3-2-6-14(7-8)10-9(12)4-1-5-13-10/h1,4-5,8H,2-3,6-7,11-12H2. The zero-order chi connectivity index (χ0) is 9.97. The zero-order valence-electron chi connectivity index (χ0n) is 8.19. The smallest absolute Gasteiger partial charge is 0.151 e. The molecule has 0 radical (unpaired) electrons. The molecule has 1 aromatic heterocycles. The number of nitrogens with two attached hydrogens (primary N) is 2. The number of nitrogens with zero attached hydrogens (tertiary/aromatic N) is 2. The first-order valence-electron chi connectivity index (χ1n) is 4.98. The predicted molar refractivity (Wildman–Crippen MR) is 58.1 cm³/mol. The van der Waals surface area contributed by atoms with Crippen molar-refractivity contribution in [1.82, 2.24) is 4.98 Å². The first-order valence-corrected chi connectivity index (χ1v) is 4.98. The molecular weight excluding hydrogens is 176 g/mol. The molecule has 1 saturated heterocycles. The molecule has 4 nitrogen and oxygen atoms in total. The van der Waals surface area contributed by atoms with Crippen LogP contribution in [0.3, 0.4) is 0 Å². The Labute approximate surface area is 83.9 Å². The highest BCUT2D eigenvalue weighted by atomic mass is 15.2. The Hall–Kier alpha value is -1.29. The summed E-state index contributed by atoms with van der Waals surface area (Å²) in [6.07, 6.45) is 3.99. The second-order valence-corrected chi connectivity index (χ2v) is 3.76. The van der Waals surface area contributed by atoms with Crippen LogP contribution in [0.15, 0.2) is 18.3 Å². The van der Waals surface area contributed by atoms with Crippen molar-refractivity contribution in [3.8, 4) is 0 Å². The molecule has 4 N–H and O–H groups in total. The summed E-state index contributed by atoms with van der Waals surface area (Å²) in [7, 11) is 0. The van der Waals surface area contributed by atoms with Gasteiger partial charge in [-0.3, -0.25) is 0 Å². The summed E-state index contributed by atoms with van der Waals surface area (Å²) in [5.74, 6) is 0.877. The Bertz CT molecular complexity index is 313. The van der Waals surface area contributed by atoms with E-state index in [0.717, 1.165) is 37.4 Å². The molecule has 0 aliphatic carbocycles. The Balaban J connectivity index is 2.18. The van der Waals surface area contributed by atoms with E-state index in [-0.39, 0.29) is 6.04 Å². The van der Waals surface area contributed by atoms with Crippen molar-refractivity contribution >= 4 is 11.5 Å². The number of nitrogen functional groups attached to an aromatic ring is 1. The van der Waals surface area contributed by atoms with Gasteiger partial charge in [0.15, 0.2) is 5.82 Å². The van der Waals surface area contributed by atoms with Crippen LogP contribution in [-0.4, -0.2) is 24.1 Å². The van der Waals surface area contributed by atoms with Crippen molar-refractivity contribution < 1.29 is 0 Å². The molecular formula is C10H16N4. The van der Waals surface area contributed by atoms with Crippen molar-refractivity contribution in [3.05, 3.63) is 18.3 Å². The minimum atomic E-state index is 0.255. The molecule has 2 heterocycles. The van der Waals surface area contributed by atoms with Gasteiger partial charge in [-0.05, 0) is 25.0 Å². The Morgan fingerprint density at radius 2 is 2.36 bits per heavy atom. The van der Waals surface area contributed by atoms with Crippen LogP contribution in [0.5, 0.6) is 0 Å². The van der Waals surface area contributed by atoms with Crippen molar-refractivity contribution in [2.45, 2.75) is 18.9 Å². The van der Waals surface area contributed by atoms with Crippen molar-refractivity contribution in [3.63, 3.8) is 0 Å². The summed E-state index contributed by atoms with van der Waals surface area (Å²) in [5, 5.41) is 0. The minimum Gasteiger partial charge on any atom is -0.396 e. The summed E-state index contributed by atoms with van der Waals surface area (Å²) in [6.45, 7) is 1.87. The van der Waals surface area contributed by atoms with Gasteiger partial charge in [0.1, 0.15) is 0 Å². The minimum absolute atomic E-state index is 0.255. The third kappa shape index (κ3) is 1.80. The second kappa shape index (κ2) is 3.84. The van der Waals surface area contributed by atoms with Gasteiger partial charge in [-0.25, -0.2) is 4.98 Å². The van der Waals surface area contributed by atoms with Crippen LogP contribution in [0.25, 0.3) is 0 Å². The number of hydrogen-bond donors (Lipinski definition) is 2. The maximum absolute atomic E-state index is 5.90. The van der Waals surface area contributed by atoms with Gasteiger partial charge in [-0.15, -0.1) is 0 Å². The van der Waals surface area contributed by atoms with Crippen LogP contribution < -0.4 is 16.4 Å². The van der Waals surface area contributed by atoms with Gasteiger partial charge >= 0.3 is 0 Å². The van der Waals surface area contributed by atoms with Gasteiger partial charge in [-0.1, -0.05) is 0 Å². The number of aromatic nitrogens is 1. The number of pyridine rings is 1. The SMILES string of the molecule is Nc1cccnc1N1CCCC(N)C1. The quantitative estimate of drug-likeness (QED) is 0.683. The Kier molecular flexibility index (Phi) is 2.54. The van der Waals surface area contributed by atoms with E-state index in [9.17, 15) is 0 Å². The van der Waals surface area contributed by atoms with E-state index in [4.69, 9.17) is 11.5 Å². The molecule has 1 aliphatic rings. The van der Waals surface area contributed by atoms with E-state index in [1.807, 2.05) is 12.1 Å². The van der Waals surface area contributed by atoms with Crippen LogP contribution in [0.4, 0.5) is 11.5 Å². The van der Waals surface area contributed by atoms with Gasteiger partial charge < -0.3 is 16.4 Å². The normalized spacial score (nSPS) is 22.4. The molecule has 0 aromatic carbocycles. The van der Waals surface area contributed by atoms with Gasteiger partial charge in [0, 0.05) is 25.3 Å². The highest BCUT2D eigenvalue weighted by Crippen LogP contribution is 2.22. The van der Waals surface area contributed by atoms with Crippen LogP contribution >= 0.6 is 0 Å². The second-order valence-electron chi connectivity index (χ2n) is 3.76. The van der Waals surface area contributed by atoms with Crippen LogP contribution in [0.1, 0.15) is 12.8 Å². The van der Waals surface area contributed by atoms with Gasteiger partial charge in [0.05, 0.1) is 5.69 Å². The molecule has 0 saturated carbocycles. The lowest BCUT2D eigenvalue weighted by molar-refractivity contribution is 0.503. The summed E-state index contributed by atoms with van der Waals surface area (Å²) < 4.78 is 0. The van der Waals surface area contributed by atoms with E-state index < -0.39 is 0 Å². The monoisotopic (exact) mass is 192 g/mol. The Morgan fingerprint density at radius 1 is 1.50 bits per heavy atom. The highest BCUT2D eigenvalue weighted by Gasteiger charge is 2.18. The summed E-state index contributed by atoms with van der Waals surface area (Å²) in [4.78, 5) is 6.45. The largest absolute Gasteiger partial charge is 0.396 e. The topological polar surface area (TPSA) is 68.2 Å². The fourth-order valence-electron chi connectivity index (χ4n) is 1.88. The Morgan fingerprint density at radius 3 is 3.07 bits per heavy atom. The lowest BCUT2D eigenvalue weighted by Gasteiger charge is -2.32. The van der Waals surface area contributed by atoms with Crippen molar-refractivity contribution in [2.75, 3.05) is 23.7 Å². The van der Waals surface area contributed by atoms with E-state index in [2.05, 4.69) is 9.88 Å². The molecule has 1 aromatic rings. The molecule has 76 valence electrons. The number of rotatable bonds is 1. The number of hydrogen-bond acceptors (Lipinski definition) is 4. The molecule has 1 unspecified atom stereocenters. The molecule has 2 rings (SSSR count). The fraction of sp³-hybridized carbons (Fsp3) is 0.500. The first kappa shape index (κ1) is 9.27. The molecule has 1 atom stereocenters. The first-order chi connectivity index (χ1) is 6.77. The van der Waals surface area contributed by atoms with Crippen molar-refractivity contribution in [2.24, 2.45) is 5.73 Å². The predicted octanol–water partition coefficient (Wildman–Crippen LogP) is 0.591. The summed E-state index contributed by atoms with van der Waals surface area (Å²) in [5.41, 5.74) is 12.5. The fourth-order valence-corrected chi connectivity index (χ4v) is 1.88. The molecule has 0 spiro atoms. The average molecular weight is 192 g/mol. The van der Waals surface area contributed by atoms with Crippen LogP contribution in [0, 0.1) is 0 Å². The van der Waals surface area contributed by atoms with E-state index >= 15 is 0 Å². The summed E-state index contributed by atoms with van der Waals surface area (Å²) >= 11 is 0. The molecule has 0 bridgehead atoms. The van der Waals surface area contributed by atoms with E-state index in [1.54, 1.807) is 6.20 Å². The lowest BCUT2D eigenvalue weighted by atomic mass is 10.1. The molecule has 1 aliphatic heterocycles. The maximum Gasteiger partial charge on any atom is 0.151 e. The molecule has 4 heteroatoms. The van der Waals surface area contributed by atoms with Gasteiger partial charge in [0.2, 0.25) is 0 Å². The number of piperidine rings is 1. The van der Waals surface area contributed by atoms with Gasteiger partial charge in [-0.2, -0.15) is 0 Å². The molecule has 1 fully saturated rings. The van der Waals surface area contributed by atoms with E-state index in [1.165, 1.54) is 0 Å². The third-order valence-corrected chi connectivity index (χ3v) is 2.57. The summed E-state index contributed by atoms with van der Waals surface area (Å²) in [6, 6.07) is 3.98. The maximum atomic E-state index is 5.90. The van der Waals surface area contributed by atoms with Crippen LogP contribution in [-0.2, 0) is 0 Å². The molecule has 14 heavy (non-hydrogen) atoms. The lowest BCUT2D eigenvalue weighted by Crippen LogP contribution is -2.43.